The predicted molar refractivity (Wildman–Crippen MR) is 77.7 cm³/mol. The van der Waals surface area contributed by atoms with Crippen LogP contribution in [0.4, 0.5) is 0 Å². The van der Waals surface area contributed by atoms with Crippen molar-refractivity contribution in [3.05, 3.63) is 14.7 Å². The van der Waals surface area contributed by atoms with E-state index in [-0.39, 0.29) is 20.1 Å². The largest absolute Gasteiger partial charge is 0.477 e. The number of hydrogen-bond acceptors (Lipinski definition) is 5. The predicted octanol–water partition coefficient (Wildman–Crippen LogP) is 1.91. The van der Waals surface area contributed by atoms with Crippen LogP contribution in [0.3, 0.4) is 0 Å². The summed E-state index contributed by atoms with van der Waals surface area (Å²) >= 11 is 3.95. The standard InChI is InChI=1S/C11H14BrNO5S2/c12-10-9(5-8(19-10)11(14)15)20(16,17)13-3-4-18-6-7-1-2-7/h5,7,13H,1-4,6H2,(H,14,15). The van der Waals surface area contributed by atoms with Crippen molar-refractivity contribution >= 4 is 43.3 Å². The molecule has 1 aromatic rings. The number of carbonyl (C=O) groups is 1. The Bertz CT molecular complexity index is 594. The molecule has 20 heavy (non-hydrogen) atoms. The minimum absolute atomic E-state index is 0.0257. The highest BCUT2D eigenvalue weighted by molar-refractivity contribution is 9.11. The van der Waals surface area contributed by atoms with Gasteiger partial charge in [0.2, 0.25) is 10.0 Å². The van der Waals surface area contributed by atoms with E-state index in [1.165, 1.54) is 12.8 Å². The second-order valence-electron chi connectivity index (χ2n) is 4.47. The van der Waals surface area contributed by atoms with Gasteiger partial charge in [0.15, 0.2) is 0 Å². The third-order valence-corrected chi connectivity index (χ3v) is 6.45. The van der Waals surface area contributed by atoms with E-state index in [1.54, 1.807) is 0 Å². The van der Waals surface area contributed by atoms with Gasteiger partial charge in [-0.05, 0) is 40.8 Å². The van der Waals surface area contributed by atoms with Crippen LogP contribution in [0.2, 0.25) is 0 Å². The minimum atomic E-state index is -3.72. The summed E-state index contributed by atoms with van der Waals surface area (Å²) in [5.41, 5.74) is 0. The number of ether oxygens (including phenoxy) is 1. The molecule has 0 radical (unpaired) electrons. The molecule has 1 aliphatic carbocycles. The van der Waals surface area contributed by atoms with Crippen LogP contribution in [0, 0.1) is 5.92 Å². The number of nitrogens with one attached hydrogen (secondary N) is 1. The van der Waals surface area contributed by atoms with E-state index in [1.807, 2.05) is 0 Å². The summed E-state index contributed by atoms with van der Waals surface area (Å²) in [7, 11) is -3.72. The molecule has 2 rings (SSSR count). The average Bonchev–Trinajstić information content (AvgIpc) is 3.09. The van der Waals surface area contributed by atoms with Crippen LogP contribution < -0.4 is 4.72 Å². The summed E-state index contributed by atoms with van der Waals surface area (Å²) < 4.78 is 32.0. The minimum Gasteiger partial charge on any atom is -0.477 e. The monoisotopic (exact) mass is 383 g/mol. The van der Waals surface area contributed by atoms with Crippen molar-refractivity contribution < 1.29 is 23.1 Å². The van der Waals surface area contributed by atoms with E-state index in [9.17, 15) is 13.2 Å². The first-order chi connectivity index (χ1) is 9.40. The Kier molecular flexibility index (Phi) is 5.19. The lowest BCUT2D eigenvalue weighted by molar-refractivity contribution is 0.0702. The van der Waals surface area contributed by atoms with E-state index in [4.69, 9.17) is 9.84 Å². The number of hydrogen-bond donors (Lipinski definition) is 2. The van der Waals surface area contributed by atoms with Crippen molar-refractivity contribution in [2.24, 2.45) is 5.92 Å². The molecule has 9 heteroatoms. The molecule has 0 amide bonds. The van der Waals surface area contributed by atoms with Gasteiger partial charge in [0.1, 0.15) is 9.77 Å². The van der Waals surface area contributed by atoms with Crippen molar-refractivity contribution in [3.8, 4) is 0 Å². The van der Waals surface area contributed by atoms with Gasteiger partial charge in [-0.15, -0.1) is 11.3 Å². The molecular weight excluding hydrogens is 370 g/mol. The molecule has 1 aliphatic rings. The van der Waals surface area contributed by atoms with E-state index in [2.05, 4.69) is 20.7 Å². The van der Waals surface area contributed by atoms with E-state index >= 15 is 0 Å². The van der Waals surface area contributed by atoms with Gasteiger partial charge in [0, 0.05) is 13.2 Å². The van der Waals surface area contributed by atoms with Crippen molar-refractivity contribution in [3.63, 3.8) is 0 Å². The number of carboxylic acid groups (broad SMARTS) is 1. The molecule has 1 saturated carbocycles. The molecule has 0 spiro atoms. The molecule has 1 aromatic heterocycles. The van der Waals surface area contributed by atoms with Crippen LogP contribution in [0.15, 0.2) is 14.7 Å². The first-order valence-electron chi connectivity index (χ1n) is 6.00. The second-order valence-corrected chi connectivity index (χ2v) is 8.58. The van der Waals surface area contributed by atoms with Crippen molar-refractivity contribution in [1.82, 2.24) is 4.72 Å². The van der Waals surface area contributed by atoms with Crippen LogP contribution in [0.1, 0.15) is 22.5 Å². The molecule has 0 bridgehead atoms. The molecule has 112 valence electrons. The quantitative estimate of drug-likeness (QED) is 0.668. The van der Waals surface area contributed by atoms with Gasteiger partial charge in [-0.1, -0.05) is 0 Å². The zero-order chi connectivity index (χ0) is 14.8. The molecular formula is C11H14BrNO5S2. The van der Waals surface area contributed by atoms with E-state index in [0.29, 0.717) is 19.1 Å². The van der Waals surface area contributed by atoms with Crippen LogP contribution in [-0.4, -0.2) is 39.3 Å². The Labute approximate surface area is 129 Å². The summed E-state index contributed by atoms with van der Waals surface area (Å²) in [6.45, 7) is 1.15. The summed E-state index contributed by atoms with van der Waals surface area (Å²) in [4.78, 5) is 10.7. The van der Waals surface area contributed by atoms with Crippen molar-refractivity contribution in [2.75, 3.05) is 19.8 Å². The highest BCUT2D eigenvalue weighted by Crippen LogP contribution is 2.31. The fourth-order valence-electron chi connectivity index (χ4n) is 1.50. The first-order valence-corrected chi connectivity index (χ1v) is 9.09. The topological polar surface area (TPSA) is 92.7 Å². The van der Waals surface area contributed by atoms with Crippen molar-refractivity contribution in [1.29, 1.82) is 0 Å². The summed E-state index contributed by atoms with van der Waals surface area (Å²) in [5.74, 6) is -0.513. The summed E-state index contributed by atoms with van der Waals surface area (Å²) in [5, 5.41) is 8.85. The number of aromatic carboxylic acids is 1. The molecule has 2 N–H and O–H groups in total. The van der Waals surface area contributed by atoms with Gasteiger partial charge in [0.05, 0.1) is 10.4 Å². The Morgan fingerprint density at radius 3 is 2.80 bits per heavy atom. The fraction of sp³-hybridized carbons (Fsp3) is 0.545. The number of thiophene rings is 1. The Morgan fingerprint density at radius 1 is 1.55 bits per heavy atom. The van der Waals surface area contributed by atoms with Crippen molar-refractivity contribution in [2.45, 2.75) is 17.7 Å². The zero-order valence-corrected chi connectivity index (χ0v) is 13.7. The molecule has 1 fully saturated rings. The number of halogens is 1. The van der Waals surface area contributed by atoms with Gasteiger partial charge >= 0.3 is 5.97 Å². The maximum atomic E-state index is 12.0. The van der Waals surface area contributed by atoms with Gasteiger partial charge in [0.25, 0.3) is 0 Å². The SMILES string of the molecule is O=C(O)c1cc(S(=O)(=O)NCCOCC2CC2)c(Br)s1. The third kappa shape index (κ3) is 4.26. The van der Waals surface area contributed by atoms with Gasteiger partial charge < -0.3 is 9.84 Å². The third-order valence-electron chi connectivity index (χ3n) is 2.74. The Balaban J connectivity index is 1.89. The molecule has 0 unspecified atom stereocenters. The molecule has 0 aromatic carbocycles. The van der Waals surface area contributed by atoms with E-state index < -0.39 is 16.0 Å². The van der Waals surface area contributed by atoms with Gasteiger partial charge in [-0.2, -0.15) is 0 Å². The molecule has 6 nitrogen and oxygen atoms in total. The number of sulfonamides is 1. The average molecular weight is 384 g/mol. The van der Waals surface area contributed by atoms with Crippen LogP contribution in [0.5, 0.6) is 0 Å². The molecule has 0 aliphatic heterocycles. The summed E-state index contributed by atoms with van der Waals surface area (Å²) in [6, 6.07) is 1.14. The summed E-state index contributed by atoms with van der Waals surface area (Å²) in [6.07, 6.45) is 2.37. The number of rotatable bonds is 8. The zero-order valence-electron chi connectivity index (χ0n) is 10.5. The van der Waals surface area contributed by atoms with Gasteiger partial charge in [-0.3, -0.25) is 0 Å². The van der Waals surface area contributed by atoms with Gasteiger partial charge in [-0.25, -0.2) is 17.9 Å². The van der Waals surface area contributed by atoms with Crippen LogP contribution >= 0.6 is 27.3 Å². The first kappa shape index (κ1) is 15.9. The van der Waals surface area contributed by atoms with Crippen LogP contribution in [-0.2, 0) is 14.8 Å². The Morgan fingerprint density at radius 2 is 2.25 bits per heavy atom. The van der Waals surface area contributed by atoms with E-state index in [0.717, 1.165) is 17.4 Å². The molecule has 1 heterocycles. The lowest BCUT2D eigenvalue weighted by Gasteiger charge is -2.06. The highest BCUT2D eigenvalue weighted by Gasteiger charge is 2.23. The maximum absolute atomic E-state index is 12.0. The lowest BCUT2D eigenvalue weighted by Crippen LogP contribution is -2.27. The normalized spacial score (nSPS) is 15.4. The lowest BCUT2D eigenvalue weighted by atomic mass is 10.5. The smallest absolute Gasteiger partial charge is 0.345 e. The second kappa shape index (κ2) is 6.52. The molecule has 0 saturated heterocycles. The fourth-order valence-corrected chi connectivity index (χ4v) is 4.92. The Hall–Kier alpha value is -0.480. The highest BCUT2D eigenvalue weighted by atomic mass is 79.9. The van der Waals surface area contributed by atoms with Crippen LogP contribution in [0.25, 0.3) is 0 Å². The molecule has 0 atom stereocenters. The maximum Gasteiger partial charge on any atom is 0.345 e. The number of carboxylic acids is 1.